The summed E-state index contributed by atoms with van der Waals surface area (Å²) in [7, 11) is -6.39. The minimum absolute atomic E-state index is 0.110. The zero-order valence-corrected chi connectivity index (χ0v) is 15.0. The van der Waals surface area contributed by atoms with Crippen LogP contribution in [0.25, 0.3) is 0 Å². The molecule has 1 aromatic rings. The number of aliphatic hydroxyl groups excluding tert-OH is 2. The van der Waals surface area contributed by atoms with Crippen LogP contribution in [0, 0.1) is 6.92 Å². The van der Waals surface area contributed by atoms with Gasteiger partial charge >= 0.3 is 0 Å². The average molecular weight is 379 g/mol. The Morgan fingerprint density at radius 3 is 2.50 bits per heavy atom. The second-order valence-electron chi connectivity index (χ2n) is 5.71. The molecule has 10 heteroatoms. The fraction of sp³-hybridized carbons (Fsp3) is 0.571. The molecule has 2 N–H and O–H groups in total. The number of aryl methyl sites for hydroxylation is 1. The first-order chi connectivity index (χ1) is 11.1. The lowest BCUT2D eigenvalue weighted by atomic mass is 10.2. The maximum atomic E-state index is 13.0. The van der Waals surface area contributed by atoms with Gasteiger partial charge in [-0.3, -0.25) is 0 Å². The zero-order chi connectivity index (χ0) is 18.1. The van der Waals surface area contributed by atoms with Crippen LogP contribution < -0.4 is 4.74 Å². The number of aliphatic hydroxyl groups is 2. The predicted molar refractivity (Wildman–Crippen MR) is 87.2 cm³/mol. The maximum absolute atomic E-state index is 13.0. The Bertz CT molecular complexity index is 804. The number of sulfone groups is 1. The summed E-state index contributed by atoms with van der Waals surface area (Å²) in [6.07, 6.45) is -1.34. The van der Waals surface area contributed by atoms with Crippen molar-refractivity contribution in [1.29, 1.82) is 0 Å². The van der Waals surface area contributed by atoms with E-state index in [1.807, 2.05) is 0 Å². The third-order valence-electron chi connectivity index (χ3n) is 3.89. The standard InChI is InChI=1S/C14H21NO7S2/c1-10-3-4-13(22-2)14(7-10)24(20,21)15(5-6-16)11-8-23(18,19)9-12(11)17/h3-4,7,11-12,16-17H,5-6,8-9H2,1-2H3/t11-,12-/m0/s1. The Balaban J connectivity index is 2.53. The average Bonchev–Trinajstić information content (AvgIpc) is 2.77. The fourth-order valence-corrected chi connectivity index (χ4v) is 6.54. The third kappa shape index (κ3) is 3.72. The number of nitrogens with zero attached hydrogens (tertiary/aromatic N) is 1. The van der Waals surface area contributed by atoms with Crippen molar-refractivity contribution in [3.63, 3.8) is 0 Å². The van der Waals surface area contributed by atoms with Crippen LogP contribution in [0.15, 0.2) is 23.1 Å². The first-order valence-electron chi connectivity index (χ1n) is 7.28. The van der Waals surface area contributed by atoms with Gasteiger partial charge in [-0.1, -0.05) is 6.07 Å². The Labute approximate surface area is 141 Å². The topological polar surface area (TPSA) is 121 Å². The monoisotopic (exact) mass is 379 g/mol. The van der Waals surface area contributed by atoms with Gasteiger partial charge in [-0.15, -0.1) is 0 Å². The summed E-state index contributed by atoms with van der Waals surface area (Å²) >= 11 is 0. The third-order valence-corrected chi connectivity index (χ3v) is 7.53. The SMILES string of the molecule is COc1ccc(C)cc1S(=O)(=O)N(CCO)[C@H]1CS(=O)(=O)C[C@@H]1O. The summed E-state index contributed by atoms with van der Waals surface area (Å²) in [4.78, 5) is -0.130. The highest BCUT2D eigenvalue weighted by Gasteiger charge is 2.45. The number of hydrogen-bond donors (Lipinski definition) is 2. The molecule has 0 unspecified atom stereocenters. The van der Waals surface area contributed by atoms with Crippen molar-refractivity contribution in [2.24, 2.45) is 0 Å². The molecule has 1 heterocycles. The van der Waals surface area contributed by atoms with Crippen molar-refractivity contribution in [2.45, 2.75) is 24.0 Å². The van der Waals surface area contributed by atoms with Crippen molar-refractivity contribution >= 4 is 19.9 Å². The Kier molecular flexibility index (Phi) is 5.55. The van der Waals surface area contributed by atoms with E-state index in [9.17, 15) is 27.0 Å². The van der Waals surface area contributed by atoms with Gasteiger partial charge in [-0.2, -0.15) is 4.31 Å². The van der Waals surface area contributed by atoms with E-state index in [1.165, 1.54) is 19.2 Å². The smallest absolute Gasteiger partial charge is 0.247 e. The molecule has 0 aliphatic carbocycles. The van der Waals surface area contributed by atoms with Crippen LogP contribution >= 0.6 is 0 Å². The zero-order valence-electron chi connectivity index (χ0n) is 13.4. The number of hydrogen-bond acceptors (Lipinski definition) is 7. The van der Waals surface area contributed by atoms with E-state index in [0.29, 0.717) is 5.56 Å². The number of benzene rings is 1. The van der Waals surface area contributed by atoms with Crippen LogP contribution in [-0.4, -0.2) is 75.3 Å². The molecule has 2 rings (SSSR count). The maximum Gasteiger partial charge on any atom is 0.247 e. The molecule has 0 bridgehead atoms. The molecule has 0 amide bonds. The van der Waals surface area contributed by atoms with Crippen LogP contribution in [0.2, 0.25) is 0 Å². The number of ether oxygens (including phenoxy) is 1. The van der Waals surface area contributed by atoms with Crippen LogP contribution in [0.3, 0.4) is 0 Å². The van der Waals surface area contributed by atoms with Crippen molar-refractivity contribution in [3.8, 4) is 5.75 Å². The van der Waals surface area contributed by atoms with Crippen LogP contribution in [0.5, 0.6) is 5.75 Å². The van der Waals surface area contributed by atoms with E-state index < -0.39 is 50.1 Å². The quantitative estimate of drug-likeness (QED) is 0.660. The van der Waals surface area contributed by atoms with Crippen molar-refractivity contribution in [1.82, 2.24) is 4.31 Å². The van der Waals surface area contributed by atoms with E-state index in [0.717, 1.165) is 4.31 Å². The van der Waals surface area contributed by atoms with E-state index in [2.05, 4.69) is 0 Å². The van der Waals surface area contributed by atoms with Gasteiger partial charge in [0.05, 0.1) is 37.4 Å². The summed E-state index contributed by atoms with van der Waals surface area (Å²) in [6.45, 7) is 0.886. The van der Waals surface area contributed by atoms with E-state index in [4.69, 9.17) is 4.74 Å². The summed E-state index contributed by atoms with van der Waals surface area (Å²) < 4.78 is 55.5. The molecule has 0 aromatic heterocycles. The van der Waals surface area contributed by atoms with E-state index in [1.54, 1.807) is 13.0 Å². The highest BCUT2D eigenvalue weighted by atomic mass is 32.2. The summed E-state index contributed by atoms with van der Waals surface area (Å²) in [5, 5.41) is 19.3. The molecule has 1 fully saturated rings. The first-order valence-corrected chi connectivity index (χ1v) is 10.5. The van der Waals surface area contributed by atoms with Gasteiger partial charge in [0.15, 0.2) is 9.84 Å². The predicted octanol–water partition coefficient (Wildman–Crippen LogP) is -0.855. The van der Waals surface area contributed by atoms with Crippen molar-refractivity contribution < 1.29 is 31.8 Å². The molecule has 0 saturated carbocycles. The van der Waals surface area contributed by atoms with Crippen molar-refractivity contribution in [3.05, 3.63) is 23.8 Å². The van der Waals surface area contributed by atoms with Crippen LogP contribution in [0.1, 0.15) is 5.56 Å². The number of rotatable bonds is 6. The summed E-state index contributed by atoms with van der Waals surface area (Å²) in [5.41, 5.74) is 0.679. The largest absolute Gasteiger partial charge is 0.495 e. The van der Waals surface area contributed by atoms with Gasteiger partial charge < -0.3 is 14.9 Å². The molecule has 0 spiro atoms. The Morgan fingerprint density at radius 2 is 2.00 bits per heavy atom. The lowest BCUT2D eigenvalue weighted by Crippen LogP contribution is -2.47. The first kappa shape index (κ1) is 19.1. The molecule has 2 atom stereocenters. The number of sulfonamides is 1. The van der Waals surface area contributed by atoms with Gasteiger partial charge in [-0.25, -0.2) is 16.8 Å². The molecule has 1 saturated heterocycles. The molecule has 0 radical (unpaired) electrons. The van der Waals surface area contributed by atoms with Gasteiger partial charge in [0.2, 0.25) is 10.0 Å². The molecule has 8 nitrogen and oxygen atoms in total. The molecular formula is C14H21NO7S2. The highest BCUT2D eigenvalue weighted by molar-refractivity contribution is 7.92. The minimum atomic E-state index is -4.17. The van der Waals surface area contributed by atoms with Crippen molar-refractivity contribution in [2.75, 3.05) is 31.8 Å². The van der Waals surface area contributed by atoms with Crippen LogP contribution in [0.4, 0.5) is 0 Å². The molecular weight excluding hydrogens is 358 g/mol. The van der Waals surface area contributed by atoms with Gasteiger partial charge in [0.1, 0.15) is 10.6 Å². The second kappa shape index (κ2) is 6.96. The summed E-state index contributed by atoms with van der Waals surface area (Å²) in [5.74, 6) is -0.874. The van der Waals surface area contributed by atoms with E-state index >= 15 is 0 Å². The summed E-state index contributed by atoms with van der Waals surface area (Å²) in [6, 6.07) is 3.45. The Morgan fingerprint density at radius 1 is 1.33 bits per heavy atom. The van der Waals surface area contributed by atoms with Gasteiger partial charge in [-0.05, 0) is 24.6 Å². The van der Waals surface area contributed by atoms with Crippen LogP contribution in [-0.2, 0) is 19.9 Å². The number of methoxy groups -OCH3 is 1. The second-order valence-corrected chi connectivity index (χ2v) is 9.72. The minimum Gasteiger partial charge on any atom is -0.495 e. The van der Waals surface area contributed by atoms with Gasteiger partial charge in [0.25, 0.3) is 0 Å². The highest BCUT2D eigenvalue weighted by Crippen LogP contribution is 2.31. The molecule has 24 heavy (non-hydrogen) atoms. The molecule has 1 aliphatic rings. The van der Waals surface area contributed by atoms with Gasteiger partial charge in [0, 0.05) is 6.54 Å². The molecule has 1 aliphatic heterocycles. The van der Waals surface area contributed by atoms with E-state index in [-0.39, 0.29) is 17.2 Å². The molecule has 136 valence electrons. The lowest BCUT2D eigenvalue weighted by molar-refractivity contribution is 0.117. The normalized spacial score (nSPS) is 23.5. The Hall–Kier alpha value is -1.20. The fourth-order valence-electron chi connectivity index (χ4n) is 2.76. The molecule has 1 aromatic carbocycles. The lowest BCUT2D eigenvalue weighted by Gasteiger charge is -2.29.